The monoisotopic (exact) mass is 545 g/mol. The van der Waals surface area contributed by atoms with E-state index in [-0.39, 0.29) is 28.1 Å². The number of nitrogens with one attached hydrogen (secondary N) is 2. The van der Waals surface area contributed by atoms with Crippen molar-refractivity contribution in [1.82, 2.24) is 0 Å². The van der Waals surface area contributed by atoms with E-state index in [1.165, 1.54) is 31.2 Å². The SMILES string of the molecule is CCCOC(=O)c1ccc(N2C(=O)C(Cl)=C(Nc3ccc(C(=O)Nc4ccc(C(C)=O)cc4)cc3)C2=O)cc1. The molecule has 1 aliphatic heterocycles. The fourth-order valence-corrected chi connectivity index (χ4v) is 3.92. The summed E-state index contributed by atoms with van der Waals surface area (Å²) >= 11 is 6.21. The second-order valence-electron chi connectivity index (χ2n) is 8.61. The fourth-order valence-electron chi connectivity index (χ4n) is 3.71. The number of anilines is 3. The number of benzene rings is 3. The van der Waals surface area contributed by atoms with Crippen LogP contribution >= 0.6 is 11.6 Å². The van der Waals surface area contributed by atoms with Crippen molar-refractivity contribution in [3.8, 4) is 0 Å². The van der Waals surface area contributed by atoms with E-state index in [4.69, 9.17) is 16.3 Å². The van der Waals surface area contributed by atoms with Gasteiger partial charge in [0.25, 0.3) is 17.7 Å². The van der Waals surface area contributed by atoms with E-state index >= 15 is 0 Å². The number of halogens is 1. The summed E-state index contributed by atoms with van der Waals surface area (Å²) in [5, 5.41) is 5.31. The zero-order valence-corrected chi connectivity index (χ0v) is 21.9. The number of carbonyl (C=O) groups excluding carboxylic acids is 5. The van der Waals surface area contributed by atoms with E-state index in [1.807, 2.05) is 6.92 Å². The van der Waals surface area contributed by atoms with E-state index in [9.17, 15) is 24.0 Å². The number of rotatable bonds is 9. The molecule has 3 aromatic carbocycles. The number of esters is 1. The number of hydrogen-bond donors (Lipinski definition) is 2. The van der Waals surface area contributed by atoms with E-state index in [0.29, 0.717) is 41.1 Å². The number of carbonyl (C=O) groups is 5. The maximum Gasteiger partial charge on any atom is 0.338 e. The fraction of sp³-hybridized carbons (Fsp3) is 0.138. The molecule has 0 spiro atoms. The molecule has 1 heterocycles. The minimum Gasteiger partial charge on any atom is -0.462 e. The first kappa shape index (κ1) is 27.3. The Labute approximate surface area is 229 Å². The van der Waals surface area contributed by atoms with Crippen molar-refractivity contribution in [2.45, 2.75) is 20.3 Å². The van der Waals surface area contributed by atoms with E-state index in [1.54, 1.807) is 48.5 Å². The van der Waals surface area contributed by atoms with Gasteiger partial charge in [0.05, 0.1) is 17.9 Å². The molecule has 0 aromatic heterocycles. The number of amides is 3. The summed E-state index contributed by atoms with van der Waals surface area (Å²) in [6, 6.07) is 18.6. The van der Waals surface area contributed by atoms with Gasteiger partial charge in [-0.25, -0.2) is 9.69 Å². The predicted molar refractivity (Wildman–Crippen MR) is 147 cm³/mol. The molecule has 0 saturated heterocycles. The van der Waals surface area contributed by atoms with Crippen LogP contribution in [0.4, 0.5) is 17.1 Å². The molecule has 0 saturated carbocycles. The third kappa shape index (κ3) is 6.05. The maximum atomic E-state index is 13.1. The van der Waals surface area contributed by atoms with Gasteiger partial charge in [0.2, 0.25) is 0 Å². The van der Waals surface area contributed by atoms with Gasteiger partial charge in [-0.15, -0.1) is 0 Å². The molecule has 2 N–H and O–H groups in total. The third-order valence-electron chi connectivity index (χ3n) is 5.79. The second kappa shape index (κ2) is 11.7. The number of imide groups is 1. The highest BCUT2D eigenvalue weighted by Gasteiger charge is 2.39. The molecule has 0 bridgehead atoms. The number of ketones is 1. The molecule has 0 unspecified atom stereocenters. The van der Waals surface area contributed by atoms with Gasteiger partial charge in [-0.2, -0.15) is 0 Å². The van der Waals surface area contributed by atoms with Crippen molar-refractivity contribution < 1.29 is 28.7 Å². The molecule has 1 aliphatic rings. The molecule has 4 rings (SSSR count). The lowest BCUT2D eigenvalue weighted by Crippen LogP contribution is -2.32. The second-order valence-corrected chi connectivity index (χ2v) is 8.99. The van der Waals surface area contributed by atoms with Crippen molar-refractivity contribution >= 4 is 58.1 Å². The summed E-state index contributed by atoms with van der Waals surface area (Å²) in [6.45, 7) is 3.64. The van der Waals surface area contributed by atoms with Crippen molar-refractivity contribution in [3.05, 3.63) is 100 Å². The molecule has 0 atom stereocenters. The van der Waals surface area contributed by atoms with Crippen molar-refractivity contribution in [2.24, 2.45) is 0 Å². The van der Waals surface area contributed by atoms with Crippen LogP contribution in [0.5, 0.6) is 0 Å². The van der Waals surface area contributed by atoms with Gasteiger partial charge in [0, 0.05) is 22.5 Å². The summed E-state index contributed by atoms with van der Waals surface area (Å²) in [4.78, 5) is 62.7. The lowest BCUT2D eigenvalue weighted by molar-refractivity contribution is -0.120. The molecule has 39 heavy (non-hydrogen) atoms. The predicted octanol–water partition coefficient (Wildman–Crippen LogP) is 5.14. The van der Waals surface area contributed by atoms with Crippen molar-refractivity contribution in [2.75, 3.05) is 22.1 Å². The Morgan fingerprint density at radius 1 is 0.795 bits per heavy atom. The van der Waals surface area contributed by atoms with E-state index < -0.39 is 17.8 Å². The van der Waals surface area contributed by atoms with Crippen molar-refractivity contribution in [3.63, 3.8) is 0 Å². The number of hydrogen-bond acceptors (Lipinski definition) is 7. The Morgan fingerprint density at radius 2 is 1.36 bits per heavy atom. The van der Waals surface area contributed by atoms with Crippen LogP contribution in [0.2, 0.25) is 0 Å². The first-order chi connectivity index (χ1) is 18.7. The van der Waals surface area contributed by atoms with Crippen LogP contribution in [0.25, 0.3) is 0 Å². The summed E-state index contributed by atoms with van der Waals surface area (Å²) in [6.07, 6.45) is 0.689. The molecular formula is C29H24ClN3O6. The number of ether oxygens (including phenoxy) is 1. The first-order valence-corrected chi connectivity index (χ1v) is 12.4. The average Bonchev–Trinajstić information content (AvgIpc) is 3.15. The molecule has 0 aliphatic carbocycles. The van der Waals surface area contributed by atoms with Gasteiger partial charge in [-0.1, -0.05) is 18.5 Å². The van der Waals surface area contributed by atoms with Gasteiger partial charge >= 0.3 is 5.97 Å². The van der Waals surface area contributed by atoms with E-state index in [0.717, 1.165) is 4.90 Å². The summed E-state index contributed by atoms with van der Waals surface area (Å²) in [5.41, 5.74) is 2.28. The Hall–Kier alpha value is -4.76. The van der Waals surface area contributed by atoms with Gasteiger partial charge in [0.15, 0.2) is 5.78 Å². The third-order valence-corrected chi connectivity index (χ3v) is 6.14. The van der Waals surface area contributed by atoms with Crippen LogP contribution < -0.4 is 15.5 Å². The summed E-state index contributed by atoms with van der Waals surface area (Å²) < 4.78 is 5.09. The molecule has 9 nitrogen and oxygen atoms in total. The minimum atomic E-state index is -0.711. The lowest BCUT2D eigenvalue weighted by Gasteiger charge is -2.15. The highest BCUT2D eigenvalue weighted by Crippen LogP contribution is 2.30. The van der Waals surface area contributed by atoms with Crippen LogP contribution in [0, 0.1) is 0 Å². The number of Topliss-reactive ketones (excluding diaryl/α,β-unsaturated/α-hetero) is 1. The largest absolute Gasteiger partial charge is 0.462 e. The van der Waals surface area contributed by atoms with Gasteiger partial charge in [0.1, 0.15) is 10.7 Å². The standard InChI is InChI=1S/C29H24ClN3O6/c1-3-16-39-29(38)20-8-14-23(15-9-20)33-27(36)24(30)25(28(33)37)31-21-12-6-19(7-13-21)26(35)32-22-10-4-18(5-11-22)17(2)34/h4-15,31H,3,16H2,1-2H3,(H,32,35). The maximum absolute atomic E-state index is 13.1. The van der Waals surface area contributed by atoms with Gasteiger partial charge < -0.3 is 15.4 Å². The highest BCUT2D eigenvalue weighted by molar-refractivity contribution is 6.53. The minimum absolute atomic E-state index is 0.0703. The normalized spacial score (nSPS) is 12.9. The molecule has 0 fully saturated rings. The Balaban J connectivity index is 1.42. The Morgan fingerprint density at radius 3 is 1.95 bits per heavy atom. The molecule has 10 heteroatoms. The molecule has 3 amide bonds. The number of nitrogens with zero attached hydrogens (tertiary/aromatic N) is 1. The molecule has 198 valence electrons. The molecular weight excluding hydrogens is 522 g/mol. The van der Waals surface area contributed by atoms with Gasteiger partial charge in [-0.05, 0) is 86.1 Å². The summed E-state index contributed by atoms with van der Waals surface area (Å²) in [5.74, 6) is -2.31. The molecule has 0 radical (unpaired) electrons. The lowest BCUT2D eigenvalue weighted by atomic mass is 10.1. The Kier molecular flexibility index (Phi) is 8.21. The quantitative estimate of drug-likeness (QED) is 0.217. The average molecular weight is 546 g/mol. The Bertz CT molecular complexity index is 1480. The van der Waals surface area contributed by atoms with E-state index in [2.05, 4.69) is 10.6 Å². The summed E-state index contributed by atoms with van der Waals surface area (Å²) in [7, 11) is 0. The van der Waals surface area contributed by atoms with Crippen LogP contribution in [0.15, 0.2) is 83.5 Å². The smallest absolute Gasteiger partial charge is 0.338 e. The topological polar surface area (TPSA) is 122 Å². The van der Waals surface area contributed by atoms with Crippen LogP contribution in [0.1, 0.15) is 51.3 Å². The van der Waals surface area contributed by atoms with Crippen LogP contribution in [-0.4, -0.2) is 36.1 Å². The first-order valence-electron chi connectivity index (χ1n) is 12.0. The highest BCUT2D eigenvalue weighted by atomic mass is 35.5. The van der Waals surface area contributed by atoms with Crippen molar-refractivity contribution in [1.29, 1.82) is 0 Å². The zero-order valence-electron chi connectivity index (χ0n) is 21.1. The van der Waals surface area contributed by atoms with Crippen LogP contribution in [0.3, 0.4) is 0 Å². The van der Waals surface area contributed by atoms with Gasteiger partial charge in [-0.3, -0.25) is 19.2 Å². The molecule has 3 aromatic rings. The van der Waals surface area contributed by atoms with Crippen LogP contribution in [-0.2, 0) is 14.3 Å². The zero-order chi connectivity index (χ0) is 28.1.